The van der Waals surface area contributed by atoms with Gasteiger partial charge in [0.1, 0.15) is 0 Å². The molecule has 1 aliphatic rings. The largest absolute Gasteiger partial charge is 0.367 e. The first-order valence-electron chi connectivity index (χ1n) is 6.26. The number of benzene rings is 1. The van der Waals surface area contributed by atoms with Crippen molar-refractivity contribution >= 4 is 5.69 Å². The van der Waals surface area contributed by atoms with Crippen LogP contribution in [0.3, 0.4) is 0 Å². The van der Waals surface area contributed by atoms with Crippen LogP contribution in [0.1, 0.15) is 30.4 Å². The molecule has 1 aromatic rings. The fourth-order valence-corrected chi connectivity index (χ4v) is 2.37. The summed E-state index contributed by atoms with van der Waals surface area (Å²) in [6, 6.07) is 7.42. The van der Waals surface area contributed by atoms with Gasteiger partial charge in [-0.3, -0.25) is 0 Å². The van der Waals surface area contributed by atoms with E-state index < -0.39 is 0 Å². The standard InChI is InChI=1S/C14H22N2/c1-11-6-7-12(2)14(10-11)16(9-8-15)13-4-3-5-13/h6-7,10,13H,3-5,8-9,15H2,1-2H3. The summed E-state index contributed by atoms with van der Waals surface area (Å²) in [5.41, 5.74) is 9.82. The van der Waals surface area contributed by atoms with E-state index in [0.29, 0.717) is 0 Å². The first-order chi connectivity index (χ1) is 7.72. The van der Waals surface area contributed by atoms with E-state index in [2.05, 4.69) is 36.9 Å². The summed E-state index contributed by atoms with van der Waals surface area (Å²) in [7, 11) is 0. The van der Waals surface area contributed by atoms with E-state index in [1.807, 2.05) is 0 Å². The monoisotopic (exact) mass is 218 g/mol. The normalized spacial score (nSPS) is 15.9. The second-order valence-corrected chi connectivity index (χ2v) is 4.86. The number of anilines is 1. The Balaban J connectivity index is 2.25. The highest BCUT2D eigenvalue weighted by atomic mass is 15.2. The molecule has 0 heterocycles. The minimum absolute atomic E-state index is 0.726. The summed E-state index contributed by atoms with van der Waals surface area (Å²) in [4.78, 5) is 2.51. The van der Waals surface area contributed by atoms with Crippen molar-refractivity contribution < 1.29 is 0 Å². The lowest BCUT2D eigenvalue weighted by molar-refractivity contribution is 0.387. The maximum atomic E-state index is 5.73. The molecule has 16 heavy (non-hydrogen) atoms. The number of hydrogen-bond donors (Lipinski definition) is 1. The first kappa shape index (κ1) is 11.5. The van der Waals surface area contributed by atoms with Gasteiger partial charge in [0.25, 0.3) is 0 Å². The Hall–Kier alpha value is -1.02. The van der Waals surface area contributed by atoms with Crippen LogP contribution < -0.4 is 10.6 Å². The highest BCUT2D eigenvalue weighted by Gasteiger charge is 2.25. The fourth-order valence-electron chi connectivity index (χ4n) is 2.37. The topological polar surface area (TPSA) is 29.3 Å². The molecule has 88 valence electrons. The Labute approximate surface area is 98.4 Å². The predicted molar refractivity (Wildman–Crippen MR) is 70.0 cm³/mol. The summed E-state index contributed by atoms with van der Waals surface area (Å²) in [6.45, 7) is 6.07. The van der Waals surface area contributed by atoms with Crippen LogP contribution in [0.25, 0.3) is 0 Å². The molecule has 2 nitrogen and oxygen atoms in total. The third-order valence-electron chi connectivity index (χ3n) is 3.56. The molecule has 0 bridgehead atoms. The van der Waals surface area contributed by atoms with Crippen LogP contribution in [0.5, 0.6) is 0 Å². The van der Waals surface area contributed by atoms with Gasteiger partial charge in [0.05, 0.1) is 0 Å². The molecule has 2 N–H and O–H groups in total. The zero-order valence-corrected chi connectivity index (χ0v) is 10.4. The van der Waals surface area contributed by atoms with E-state index in [0.717, 1.165) is 19.1 Å². The van der Waals surface area contributed by atoms with Crippen molar-refractivity contribution in [2.75, 3.05) is 18.0 Å². The highest BCUT2D eigenvalue weighted by molar-refractivity contribution is 5.56. The minimum atomic E-state index is 0.726. The van der Waals surface area contributed by atoms with E-state index in [-0.39, 0.29) is 0 Å². The highest BCUT2D eigenvalue weighted by Crippen LogP contribution is 2.31. The van der Waals surface area contributed by atoms with Gasteiger partial charge in [-0.05, 0) is 50.3 Å². The van der Waals surface area contributed by atoms with Gasteiger partial charge in [0.2, 0.25) is 0 Å². The number of aryl methyl sites for hydroxylation is 2. The van der Waals surface area contributed by atoms with Crippen molar-refractivity contribution in [2.24, 2.45) is 5.73 Å². The molecule has 0 amide bonds. The van der Waals surface area contributed by atoms with E-state index in [1.165, 1.54) is 36.1 Å². The molecule has 1 saturated carbocycles. The maximum Gasteiger partial charge on any atom is 0.0401 e. The second kappa shape index (κ2) is 4.88. The van der Waals surface area contributed by atoms with Crippen LogP contribution in [0.15, 0.2) is 18.2 Å². The number of hydrogen-bond acceptors (Lipinski definition) is 2. The Morgan fingerprint density at radius 3 is 2.62 bits per heavy atom. The molecule has 0 aromatic heterocycles. The van der Waals surface area contributed by atoms with Crippen LogP contribution in [0.4, 0.5) is 5.69 Å². The van der Waals surface area contributed by atoms with Crippen molar-refractivity contribution in [1.82, 2.24) is 0 Å². The van der Waals surface area contributed by atoms with Gasteiger partial charge in [-0.2, -0.15) is 0 Å². The lowest BCUT2D eigenvalue weighted by Crippen LogP contribution is -2.43. The molecule has 1 fully saturated rings. The van der Waals surface area contributed by atoms with E-state index in [4.69, 9.17) is 5.73 Å². The van der Waals surface area contributed by atoms with Crippen LogP contribution in [-0.2, 0) is 0 Å². The van der Waals surface area contributed by atoms with Gasteiger partial charge >= 0.3 is 0 Å². The Morgan fingerprint density at radius 1 is 1.31 bits per heavy atom. The van der Waals surface area contributed by atoms with Crippen molar-refractivity contribution in [3.05, 3.63) is 29.3 Å². The average Bonchev–Trinajstić information content (AvgIpc) is 2.18. The first-order valence-corrected chi connectivity index (χ1v) is 6.26. The number of nitrogens with two attached hydrogens (primary N) is 1. The molecular formula is C14H22N2. The van der Waals surface area contributed by atoms with Gasteiger partial charge in [0.15, 0.2) is 0 Å². The molecule has 0 radical (unpaired) electrons. The van der Waals surface area contributed by atoms with Gasteiger partial charge in [0, 0.05) is 24.8 Å². The Morgan fingerprint density at radius 2 is 2.06 bits per heavy atom. The smallest absolute Gasteiger partial charge is 0.0401 e. The second-order valence-electron chi connectivity index (χ2n) is 4.86. The molecule has 0 atom stereocenters. The molecular weight excluding hydrogens is 196 g/mol. The van der Waals surface area contributed by atoms with Gasteiger partial charge in [-0.15, -0.1) is 0 Å². The quantitative estimate of drug-likeness (QED) is 0.841. The lowest BCUT2D eigenvalue weighted by Gasteiger charge is -2.40. The number of nitrogens with zero attached hydrogens (tertiary/aromatic N) is 1. The zero-order valence-electron chi connectivity index (χ0n) is 10.4. The van der Waals surface area contributed by atoms with Crippen molar-refractivity contribution in [3.8, 4) is 0 Å². The van der Waals surface area contributed by atoms with E-state index in [9.17, 15) is 0 Å². The summed E-state index contributed by atoms with van der Waals surface area (Å²) >= 11 is 0. The molecule has 0 saturated heterocycles. The van der Waals surface area contributed by atoms with Gasteiger partial charge < -0.3 is 10.6 Å². The van der Waals surface area contributed by atoms with Crippen molar-refractivity contribution in [2.45, 2.75) is 39.2 Å². The van der Waals surface area contributed by atoms with Crippen LogP contribution >= 0.6 is 0 Å². The number of rotatable bonds is 4. The van der Waals surface area contributed by atoms with Crippen LogP contribution in [0.2, 0.25) is 0 Å². The van der Waals surface area contributed by atoms with E-state index in [1.54, 1.807) is 0 Å². The lowest BCUT2D eigenvalue weighted by atomic mass is 9.90. The van der Waals surface area contributed by atoms with Crippen LogP contribution in [0, 0.1) is 13.8 Å². The molecule has 0 spiro atoms. The third-order valence-corrected chi connectivity index (χ3v) is 3.56. The molecule has 1 aromatic carbocycles. The van der Waals surface area contributed by atoms with Crippen LogP contribution in [-0.4, -0.2) is 19.1 Å². The summed E-state index contributed by atoms with van der Waals surface area (Å²) in [6.07, 6.45) is 4.03. The third kappa shape index (κ3) is 2.22. The average molecular weight is 218 g/mol. The molecule has 2 heteroatoms. The van der Waals surface area contributed by atoms with E-state index >= 15 is 0 Å². The Bertz CT molecular complexity index is 356. The fraction of sp³-hybridized carbons (Fsp3) is 0.571. The molecule has 1 aliphatic carbocycles. The van der Waals surface area contributed by atoms with Gasteiger partial charge in [-0.1, -0.05) is 12.1 Å². The molecule has 2 rings (SSSR count). The predicted octanol–water partition coefficient (Wildman–Crippen LogP) is 2.62. The summed E-state index contributed by atoms with van der Waals surface area (Å²) in [5.74, 6) is 0. The SMILES string of the molecule is Cc1ccc(C)c(N(CCN)C2CCC2)c1. The summed E-state index contributed by atoms with van der Waals surface area (Å²) < 4.78 is 0. The minimum Gasteiger partial charge on any atom is -0.367 e. The zero-order chi connectivity index (χ0) is 11.5. The van der Waals surface area contributed by atoms with Gasteiger partial charge in [-0.25, -0.2) is 0 Å². The maximum absolute atomic E-state index is 5.73. The van der Waals surface area contributed by atoms with Crippen molar-refractivity contribution in [1.29, 1.82) is 0 Å². The summed E-state index contributed by atoms with van der Waals surface area (Å²) in [5, 5.41) is 0. The molecule has 0 unspecified atom stereocenters. The van der Waals surface area contributed by atoms with Crippen molar-refractivity contribution in [3.63, 3.8) is 0 Å². The Kier molecular flexibility index (Phi) is 3.49. The molecule has 0 aliphatic heterocycles.